The number of nitrogens with two attached hydrogens (primary N) is 1. The fourth-order valence-corrected chi connectivity index (χ4v) is 2.19. The van der Waals surface area contributed by atoms with Crippen LogP contribution >= 0.6 is 11.6 Å². The molecule has 2 N–H and O–H groups in total. The van der Waals surface area contributed by atoms with Crippen LogP contribution in [0.1, 0.15) is 24.2 Å². The Hall–Kier alpha value is -1.51. The molecule has 0 aliphatic heterocycles. The van der Waals surface area contributed by atoms with E-state index in [1.807, 2.05) is 62.4 Å². The van der Waals surface area contributed by atoms with Crippen LogP contribution in [-0.4, -0.2) is 6.04 Å². The lowest BCUT2D eigenvalue weighted by Gasteiger charge is -2.24. The van der Waals surface area contributed by atoms with Crippen molar-refractivity contribution >= 4 is 11.6 Å². The highest BCUT2D eigenvalue weighted by molar-refractivity contribution is 6.30. The molecule has 0 heterocycles. The van der Waals surface area contributed by atoms with Gasteiger partial charge < -0.3 is 10.5 Å². The molecule has 0 aromatic heterocycles. The SMILES string of the molecule is Cc1ccccc1OC(c1cccc(Cl)c1)C(C)N. The van der Waals surface area contributed by atoms with Crippen LogP contribution in [0.3, 0.4) is 0 Å². The van der Waals surface area contributed by atoms with E-state index in [4.69, 9.17) is 22.1 Å². The van der Waals surface area contributed by atoms with Gasteiger partial charge in [0.2, 0.25) is 0 Å². The Labute approximate surface area is 119 Å². The van der Waals surface area contributed by atoms with Crippen molar-refractivity contribution in [3.05, 3.63) is 64.7 Å². The average molecular weight is 276 g/mol. The number of benzene rings is 2. The van der Waals surface area contributed by atoms with Crippen molar-refractivity contribution in [2.45, 2.75) is 26.0 Å². The fourth-order valence-electron chi connectivity index (χ4n) is 1.99. The van der Waals surface area contributed by atoms with Gasteiger partial charge in [-0.1, -0.05) is 41.9 Å². The van der Waals surface area contributed by atoms with Crippen molar-refractivity contribution in [3.63, 3.8) is 0 Å². The van der Waals surface area contributed by atoms with E-state index in [0.717, 1.165) is 16.9 Å². The van der Waals surface area contributed by atoms with E-state index in [2.05, 4.69) is 0 Å². The van der Waals surface area contributed by atoms with Gasteiger partial charge in [-0.05, 0) is 43.2 Å². The van der Waals surface area contributed by atoms with Crippen molar-refractivity contribution < 1.29 is 4.74 Å². The molecule has 0 radical (unpaired) electrons. The smallest absolute Gasteiger partial charge is 0.139 e. The molecule has 0 bridgehead atoms. The molecule has 0 aliphatic carbocycles. The molecule has 2 unspecified atom stereocenters. The van der Waals surface area contributed by atoms with Gasteiger partial charge in [-0.25, -0.2) is 0 Å². The molecule has 3 heteroatoms. The summed E-state index contributed by atoms with van der Waals surface area (Å²) in [5.41, 5.74) is 8.13. The van der Waals surface area contributed by atoms with E-state index in [9.17, 15) is 0 Å². The zero-order valence-electron chi connectivity index (χ0n) is 11.1. The van der Waals surface area contributed by atoms with Crippen LogP contribution in [0.25, 0.3) is 0 Å². The normalized spacial score (nSPS) is 13.9. The summed E-state index contributed by atoms with van der Waals surface area (Å²) < 4.78 is 6.06. The molecule has 2 rings (SSSR count). The monoisotopic (exact) mass is 275 g/mol. The first kappa shape index (κ1) is 13.9. The summed E-state index contributed by atoms with van der Waals surface area (Å²) >= 11 is 6.03. The van der Waals surface area contributed by atoms with Crippen LogP contribution in [0.2, 0.25) is 5.02 Å². The predicted octanol–water partition coefficient (Wildman–Crippen LogP) is 4.12. The Morgan fingerprint density at radius 2 is 1.84 bits per heavy atom. The van der Waals surface area contributed by atoms with Gasteiger partial charge in [0.05, 0.1) is 0 Å². The second-order valence-electron chi connectivity index (χ2n) is 4.72. The molecule has 2 aromatic carbocycles. The molecule has 2 aromatic rings. The molecule has 0 aliphatic rings. The molecular formula is C16H18ClNO. The first-order valence-corrected chi connectivity index (χ1v) is 6.69. The van der Waals surface area contributed by atoms with Crippen LogP contribution < -0.4 is 10.5 Å². The number of aryl methyl sites for hydroxylation is 1. The van der Waals surface area contributed by atoms with Crippen LogP contribution in [0.15, 0.2) is 48.5 Å². The Bertz CT molecular complexity index is 554. The second-order valence-corrected chi connectivity index (χ2v) is 5.15. The summed E-state index contributed by atoms with van der Waals surface area (Å²) in [4.78, 5) is 0. The quantitative estimate of drug-likeness (QED) is 0.911. The highest BCUT2D eigenvalue weighted by Crippen LogP contribution is 2.27. The maximum atomic E-state index is 6.06. The molecule has 100 valence electrons. The summed E-state index contributed by atoms with van der Waals surface area (Å²) in [6.07, 6.45) is -0.209. The summed E-state index contributed by atoms with van der Waals surface area (Å²) in [7, 11) is 0. The number of hydrogen-bond acceptors (Lipinski definition) is 2. The highest BCUT2D eigenvalue weighted by Gasteiger charge is 2.19. The van der Waals surface area contributed by atoms with Crippen LogP contribution in [0.5, 0.6) is 5.75 Å². The van der Waals surface area contributed by atoms with Crippen molar-refractivity contribution in [2.75, 3.05) is 0 Å². The maximum absolute atomic E-state index is 6.06. The maximum Gasteiger partial charge on any atom is 0.139 e. The molecule has 0 spiro atoms. The van der Waals surface area contributed by atoms with Gasteiger partial charge in [-0.3, -0.25) is 0 Å². The Morgan fingerprint density at radius 1 is 1.11 bits per heavy atom. The molecule has 0 saturated heterocycles. The van der Waals surface area contributed by atoms with Crippen LogP contribution in [0.4, 0.5) is 0 Å². The van der Waals surface area contributed by atoms with E-state index < -0.39 is 0 Å². The summed E-state index contributed by atoms with van der Waals surface area (Å²) in [6, 6.07) is 15.4. The minimum Gasteiger partial charge on any atom is -0.484 e. The molecule has 0 amide bonds. The number of halogens is 1. The van der Waals surface area contributed by atoms with Crippen LogP contribution in [0, 0.1) is 6.92 Å². The fraction of sp³-hybridized carbons (Fsp3) is 0.250. The highest BCUT2D eigenvalue weighted by atomic mass is 35.5. The lowest BCUT2D eigenvalue weighted by Crippen LogP contribution is -2.29. The third kappa shape index (κ3) is 3.49. The van der Waals surface area contributed by atoms with Crippen molar-refractivity contribution in [3.8, 4) is 5.75 Å². The van der Waals surface area contributed by atoms with E-state index >= 15 is 0 Å². The number of ether oxygens (including phenoxy) is 1. The minimum absolute atomic E-state index is 0.127. The van der Waals surface area contributed by atoms with E-state index in [1.54, 1.807) is 0 Å². The van der Waals surface area contributed by atoms with Gasteiger partial charge in [0.15, 0.2) is 0 Å². The molecule has 2 atom stereocenters. The summed E-state index contributed by atoms with van der Waals surface area (Å²) in [5, 5.41) is 0.691. The largest absolute Gasteiger partial charge is 0.484 e. The standard InChI is InChI=1S/C16H18ClNO/c1-11-6-3-4-9-15(11)19-16(12(2)18)13-7-5-8-14(17)10-13/h3-10,12,16H,18H2,1-2H3. The lowest BCUT2D eigenvalue weighted by atomic mass is 10.0. The average Bonchev–Trinajstić information content (AvgIpc) is 2.37. The number of para-hydroxylation sites is 1. The first-order chi connectivity index (χ1) is 9.08. The lowest BCUT2D eigenvalue weighted by molar-refractivity contribution is 0.179. The molecule has 0 fully saturated rings. The zero-order chi connectivity index (χ0) is 13.8. The minimum atomic E-state index is -0.209. The predicted molar refractivity (Wildman–Crippen MR) is 79.6 cm³/mol. The third-order valence-corrected chi connectivity index (χ3v) is 3.24. The van der Waals surface area contributed by atoms with Gasteiger partial charge in [0, 0.05) is 11.1 Å². The van der Waals surface area contributed by atoms with E-state index in [1.165, 1.54) is 0 Å². The zero-order valence-corrected chi connectivity index (χ0v) is 11.9. The summed E-state index contributed by atoms with van der Waals surface area (Å²) in [5.74, 6) is 0.852. The van der Waals surface area contributed by atoms with Gasteiger partial charge in [0.25, 0.3) is 0 Å². The Kier molecular flexibility index (Phi) is 4.46. The number of hydrogen-bond donors (Lipinski definition) is 1. The van der Waals surface area contributed by atoms with Gasteiger partial charge >= 0.3 is 0 Å². The van der Waals surface area contributed by atoms with Crippen molar-refractivity contribution in [1.82, 2.24) is 0 Å². The Morgan fingerprint density at radius 3 is 2.47 bits per heavy atom. The van der Waals surface area contributed by atoms with E-state index in [-0.39, 0.29) is 12.1 Å². The van der Waals surface area contributed by atoms with Crippen LogP contribution in [-0.2, 0) is 0 Å². The number of rotatable bonds is 4. The third-order valence-electron chi connectivity index (χ3n) is 3.00. The second kappa shape index (κ2) is 6.09. The van der Waals surface area contributed by atoms with E-state index in [0.29, 0.717) is 5.02 Å². The first-order valence-electron chi connectivity index (χ1n) is 6.31. The van der Waals surface area contributed by atoms with Crippen molar-refractivity contribution in [2.24, 2.45) is 5.73 Å². The molecule has 0 saturated carbocycles. The topological polar surface area (TPSA) is 35.2 Å². The molecule has 2 nitrogen and oxygen atoms in total. The summed E-state index contributed by atoms with van der Waals surface area (Å²) in [6.45, 7) is 3.95. The Balaban J connectivity index is 2.29. The van der Waals surface area contributed by atoms with Crippen molar-refractivity contribution in [1.29, 1.82) is 0 Å². The van der Waals surface area contributed by atoms with Gasteiger partial charge in [0.1, 0.15) is 11.9 Å². The van der Waals surface area contributed by atoms with Gasteiger partial charge in [-0.15, -0.1) is 0 Å². The van der Waals surface area contributed by atoms with Gasteiger partial charge in [-0.2, -0.15) is 0 Å². The molecular weight excluding hydrogens is 258 g/mol. The molecule has 19 heavy (non-hydrogen) atoms.